The highest BCUT2D eigenvalue weighted by molar-refractivity contribution is 9.10. The van der Waals surface area contributed by atoms with Crippen molar-refractivity contribution in [2.75, 3.05) is 11.9 Å². The van der Waals surface area contributed by atoms with E-state index in [1.807, 2.05) is 16.9 Å². The molecule has 4 nitrogen and oxygen atoms in total. The second-order valence-electron chi connectivity index (χ2n) is 5.34. The highest BCUT2D eigenvalue weighted by Crippen LogP contribution is 2.34. The first-order valence-corrected chi connectivity index (χ1v) is 8.41. The van der Waals surface area contributed by atoms with Crippen LogP contribution in [0.4, 0.5) is 5.82 Å². The number of halogens is 3. The molecule has 2 unspecified atom stereocenters. The molecular formula is C14H15BrCl2N4. The number of hydrogen-bond acceptors (Lipinski definition) is 3. The quantitative estimate of drug-likeness (QED) is 0.816. The van der Waals surface area contributed by atoms with E-state index in [1.54, 1.807) is 12.4 Å². The van der Waals surface area contributed by atoms with Crippen LogP contribution in [-0.2, 0) is 0 Å². The van der Waals surface area contributed by atoms with Gasteiger partial charge in [-0.2, -0.15) is 5.10 Å². The van der Waals surface area contributed by atoms with Gasteiger partial charge in [-0.05, 0) is 41.1 Å². The van der Waals surface area contributed by atoms with Gasteiger partial charge in [-0.15, -0.1) is 0 Å². The first-order valence-electron chi connectivity index (χ1n) is 6.86. The minimum absolute atomic E-state index is 0.450. The summed E-state index contributed by atoms with van der Waals surface area (Å²) in [5, 5.41) is 9.03. The Bertz CT molecular complexity index is 631. The molecule has 112 valence electrons. The van der Waals surface area contributed by atoms with E-state index in [1.165, 1.54) is 6.42 Å². The van der Waals surface area contributed by atoms with Crippen LogP contribution in [0.2, 0.25) is 10.0 Å². The van der Waals surface area contributed by atoms with Crippen molar-refractivity contribution in [2.24, 2.45) is 5.92 Å². The van der Waals surface area contributed by atoms with Gasteiger partial charge in [0.15, 0.2) is 0 Å². The Balaban J connectivity index is 1.54. The van der Waals surface area contributed by atoms with Crippen LogP contribution >= 0.6 is 39.1 Å². The summed E-state index contributed by atoms with van der Waals surface area (Å²) in [6.07, 6.45) is 8.74. The van der Waals surface area contributed by atoms with Gasteiger partial charge >= 0.3 is 0 Å². The van der Waals surface area contributed by atoms with E-state index in [0.29, 0.717) is 22.0 Å². The van der Waals surface area contributed by atoms with Crippen LogP contribution in [0.3, 0.4) is 0 Å². The van der Waals surface area contributed by atoms with Crippen molar-refractivity contribution < 1.29 is 0 Å². The molecule has 0 aliphatic heterocycles. The van der Waals surface area contributed by atoms with Crippen molar-refractivity contribution in [3.8, 4) is 0 Å². The molecule has 3 rings (SSSR count). The Morgan fingerprint density at radius 2 is 2.19 bits per heavy atom. The highest BCUT2D eigenvalue weighted by Gasteiger charge is 2.26. The van der Waals surface area contributed by atoms with Gasteiger partial charge in [-0.1, -0.05) is 23.2 Å². The number of pyridine rings is 1. The van der Waals surface area contributed by atoms with Crippen molar-refractivity contribution in [1.29, 1.82) is 0 Å². The van der Waals surface area contributed by atoms with Crippen molar-refractivity contribution in [3.05, 3.63) is 39.2 Å². The Morgan fingerprint density at radius 3 is 2.90 bits per heavy atom. The number of nitrogens with zero attached hydrogens (tertiary/aromatic N) is 3. The zero-order chi connectivity index (χ0) is 14.8. The Labute approximate surface area is 142 Å². The molecule has 1 N–H and O–H groups in total. The van der Waals surface area contributed by atoms with Gasteiger partial charge in [-0.3, -0.25) is 4.68 Å². The van der Waals surface area contributed by atoms with E-state index in [4.69, 9.17) is 23.2 Å². The maximum absolute atomic E-state index is 6.06. The Hall–Kier alpha value is -0.780. The van der Waals surface area contributed by atoms with Crippen molar-refractivity contribution in [2.45, 2.75) is 25.3 Å². The average molecular weight is 390 g/mol. The molecule has 2 aromatic rings. The largest absolute Gasteiger partial charge is 0.370 e. The third kappa shape index (κ3) is 3.71. The molecule has 1 aliphatic carbocycles. The molecule has 21 heavy (non-hydrogen) atoms. The molecule has 7 heteroatoms. The molecule has 2 heterocycles. The predicted octanol–water partition coefficient (Wildman–Crippen LogP) is 4.80. The molecule has 2 atom stereocenters. The fourth-order valence-electron chi connectivity index (χ4n) is 2.75. The molecule has 0 amide bonds. The van der Waals surface area contributed by atoms with E-state index in [2.05, 4.69) is 31.3 Å². The third-order valence-corrected chi connectivity index (χ3v) is 5.21. The first kappa shape index (κ1) is 15.1. The van der Waals surface area contributed by atoms with Crippen LogP contribution in [0.5, 0.6) is 0 Å². The van der Waals surface area contributed by atoms with Crippen molar-refractivity contribution >= 4 is 44.9 Å². The van der Waals surface area contributed by atoms with Crippen molar-refractivity contribution in [3.63, 3.8) is 0 Å². The second kappa shape index (κ2) is 6.55. The number of hydrogen-bond donors (Lipinski definition) is 1. The Kier molecular flexibility index (Phi) is 4.72. The van der Waals surface area contributed by atoms with Crippen LogP contribution in [0.15, 0.2) is 29.1 Å². The molecule has 2 aromatic heterocycles. The van der Waals surface area contributed by atoms with Gasteiger partial charge in [0, 0.05) is 25.0 Å². The van der Waals surface area contributed by atoms with E-state index in [-0.39, 0.29) is 0 Å². The SMILES string of the molecule is Clc1cnn(C2CCC(CNc3cc(Cl)c(Br)cn3)C2)c1. The van der Waals surface area contributed by atoms with Gasteiger partial charge < -0.3 is 5.32 Å². The van der Waals surface area contributed by atoms with Crippen LogP contribution in [-0.4, -0.2) is 21.3 Å². The second-order valence-corrected chi connectivity index (χ2v) is 7.03. The highest BCUT2D eigenvalue weighted by atomic mass is 79.9. The summed E-state index contributed by atoms with van der Waals surface area (Å²) in [5.41, 5.74) is 0. The Morgan fingerprint density at radius 1 is 1.33 bits per heavy atom. The molecule has 0 bridgehead atoms. The first-order chi connectivity index (χ1) is 10.1. The molecule has 1 fully saturated rings. The number of nitrogens with one attached hydrogen (secondary N) is 1. The fourth-order valence-corrected chi connectivity index (χ4v) is 3.26. The number of rotatable bonds is 4. The maximum Gasteiger partial charge on any atom is 0.127 e. The topological polar surface area (TPSA) is 42.7 Å². The lowest BCUT2D eigenvalue weighted by Crippen LogP contribution is -2.13. The predicted molar refractivity (Wildman–Crippen MR) is 89.1 cm³/mol. The molecule has 0 aromatic carbocycles. The zero-order valence-corrected chi connectivity index (χ0v) is 14.4. The lowest BCUT2D eigenvalue weighted by Gasteiger charge is -2.13. The summed E-state index contributed by atoms with van der Waals surface area (Å²) in [6.45, 7) is 0.899. The minimum Gasteiger partial charge on any atom is -0.370 e. The number of aromatic nitrogens is 3. The standard InChI is InChI=1S/C14H15BrCl2N4/c15-12-7-19-14(4-13(12)17)18-5-9-1-2-11(3-9)21-8-10(16)6-20-21/h4,6-9,11H,1-3,5H2,(H,18,19). The maximum atomic E-state index is 6.06. The van der Waals surface area contributed by atoms with Crippen LogP contribution < -0.4 is 5.32 Å². The summed E-state index contributed by atoms with van der Waals surface area (Å²) < 4.78 is 2.79. The average Bonchev–Trinajstić information content (AvgIpc) is 3.09. The molecule has 1 saturated carbocycles. The molecule has 1 aliphatic rings. The van der Waals surface area contributed by atoms with Crippen LogP contribution in [0, 0.1) is 5.92 Å². The molecule has 0 saturated heterocycles. The summed E-state index contributed by atoms with van der Waals surface area (Å²) in [5.74, 6) is 1.43. The zero-order valence-electron chi connectivity index (χ0n) is 11.3. The van der Waals surface area contributed by atoms with Crippen molar-refractivity contribution in [1.82, 2.24) is 14.8 Å². The van der Waals surface area contributed by atoms with Gasteiger partial charge in [-0.25, -0.2) is 4.98 Å². The van der Waals surface area contributed by atoms with E-state index in [9.17, 15) is 0 Å². The van der Waals surface area contributed by atoms with E-state index >= 15 is 0 Å². The lowest BCUT2D eigenvalue weighted by atomic mass is 10.1. The summed E-state index contributed by atoms with van der Waals surface area (Å²) in [6, 6.07) is 2.29. The van der Waals surface area contributed by atoms with E-state index in [0.717, 1.165) is 29.7 Å². The van der Waals surface area contributed by atoms with Gasteiger partial charge in [0.1, 0.15) is 5.82 Å². The molecule has 0 spiro atoms. The molecular weight excluding hydrogens is 375 g/mol. The van der Waals surface area contributed by atoms with Crippen LogP contribution in [0.25, 0.3) is 0 Å². The van der Waals surface area contributed by atoms with Gasteiger partial charge in [0.05, 0.1) is 26.8 Å². The normalized spacial score (nSPS) is 21.7. The number of anilines is 1. The van der Waals surface area contributed by atoms with Gasteiger partial charge in [0.2, 0.25) is 0 Å². The smallest absolute Gasteiger partial charge is 0.127 e. The van der Waals surface area contributed by atoms with Crippen LogP contribution in [0.1, 0.15) is 25.3 Å². The summed E-state index contributed by atoms with van der Waals surface area (Å²) in [4.78, 5) is 4.30. The minimum atomic E-state index is 0.450. The summed E-state index contributed by atoms with van der Waals surface area (Å²) >= 11 is 15.3. The van der Waals surface area contributed by atoms with Gasteiger partial charge in [0.25, 0.3) is 0 Å². The van der Waals surface area contributed by atoms with E-state index < -0.39 is 0 Å². The fraction of sp³-hybridized carbons (Fsp3) is 0.429. The third-order valence-electron chi connectivity index (χ3n) is 3.84. The summed E-state index contributed by atoms with van der Waals surface area (Å²) in [7, 11) is 0. The molecule has 0 radical (unpaired) electrons. The lowest BCUT2D eigenvalue weighted by molar-refractivity contribution is 0.446. The monoisotopic (exact) mass is 388 g/mol.